The number of rotatable bonds is 9. The summed E-state index contributed by atoms with van der Waals surface area (Å²) in [6.07, 6.45) is -3.55. The fraction of sp³-hybridized carbons (Fsp3) is 0.400. The Labute approximate surface area is 231 Å². The molecule has 1 N–H and O–H groups in total. The number of amides is 1. The minimum Gasteiger partial charge on any atom is -0.481 e. The number of nitrogens with one attached hydrogen (secondary N) is 1. The number of benzene rings is 2. The lowest BCUT2D eigenvalue weighted by molar-refractivity contribution is -0.124. The van der Waals surface area contributed by atoms with Crippen LogP contribution in [0.2, 0.25) is 0 Å². The van der Waals surface area contributed by atoms with Crippen molar-refractivity contribution in [3.8, 4) is 17.0 Å². The molecular formula is C30H33F3N4O3. The molecule has 0 radical (unpaired) electrons. The van der Waals surface area contributed by atoms with Gasteiger partial charge in [-0.3, -0.25) is 4.90 Å². The lowest BCUT2D eigenvalue weighted by Gasteiger charge is -2.36. The Morgan fingerprint density at radius 1 is 0.925 bits per heavy atom. The zero-order valence-electron chi connectivity index (χ0n) is 22.4. The van der Waals surface area contributed by atoms with Crippen LogP contribution in [0.1, 0.15) is 30.4 Å². The zero-order valence-corrected chi connectivity index (χ0v) is 22.4. The smallest absolute Gasteiger partial charge is 0.408 e. The summed E-state index contributed by atoms with van der Waals surface area (Å²) in [7, 11) is 1.61. The number of hydrogen-bond acceptors (Lipinski definition) is 6. The van der Waals surface area contributed by atoms with Crippen molar-refractivity contribution >= 4 is 11.9 Å². The van der Waals surface area contributed by atoms with Crippen LogP contribution in [0, 0.1) is 0 Å². The highest BCUT2D eigenvalue weighted by Gasteiger charge is 2.46. The van der Waals surface area contributed by atoms with Gasteiger partial charge in [0, 0.05) is 43.4 Å². The molecule has 0 unspecified atom stereocenters. The van der Waals surface area contributed by atoms with Gasteiger partial charge in [-0.25, -0.2) is 4.79 Å². The number of carbonyl (C=O) groups excluding carboxylic acids is 1. The van der Waals surface area contributed by atoms with Crippen molar-refractivity contribution < 1.29 is 27.4 Å². The van der Waals surface area contributed by atoms with Crippen LogP contribution in [0.25, 0.3) is 11.1 Å². The van der Waals surface area contributed by atoms with E-state index in [-0.39, 0.29) is 0 Å². The molecule has 3 aromatic rings. The Hall–Kier alpha value is -3.79. The predicted molar refractivity (Wildman–Crippen MR) is 146 cm³/mol. The highest BCUT2D eigenvalue weighted by molar-refractivity contribution is 5.82. The molecule has 0 saturated carbocycles. The average Bonchev–Trinajstić information content (AvgIpc) is 3.24. The Morgan fingerprint density at radius 2 is 1.57 bits per heavy atom. The Morgan fingerprint density at radius 3 is 2.20 bits per heavy atom. The number of fused-ring (bicyclic) bond motifs is 3. The number of methoxy groups -OCH3 is 1. The van der Waals surface area contributed by atoms with Crippen LogP contribution >= 0.6 is 0 Å². The van der Waals surface area contributed by atoms with Crippen LogP contribution in [0.5, 0.6) is 5.88 Å². The maximum Gasteiger partial charge on any atom is 0.408 e. The number of nitrogens with zero attached hydrogens (tertiary/aromatic N) is 3. The third kappa shape index (κ3) is 6.01. The normalized spacial score (nSPS) is 16.2. The molecule has 1 amide bonds. The quantitative estimate of drug-likeness (QED) is 0.348. The second-order valence-corrected chi connectivity index (χ2v) is 10.1. The molecule has 1 fully saturated rings. The molecule has 1 aliphatic heterocycles. The number of alkyl halides is 3. The molecule has 1 aromatic heterocycles. The summed E-state index contributed by atoms with van der Waals surface area (Å²) in [5.41, 5.74) is 2.32. The van der Waals surface area contributed by atoms with Gasteiger partial charge in [0.1, 0.15) is 12.4 Å². The average molecular weight is 555 g/mol. The van der Waals surface area contributed by atoms with Crippen molar-refractivity contribution in [1.82, 2.24) is 15.2 Å². The van der Waals surface area contributed by atoms with Gasteiger partial charge in [-0.05, 0) is 43.0 Å². The first kappa shape index (κ1) is 27.8. The van der Waals surface area contributed by atoms with Crippen molar-refractivity contribution in [2.24, 2.45) is 0 Å². The molecule has 1 saturated heterocycles. The van der Waals surface area contributed by atoms with E-state index in [1.54, 1.807) is 7.11 Å². The van der Waals surface area contributed by atoms with Gasteiger partial charge in [0.25, 0.3) is 0 Å². The molecule has 0 spiro atoms. The number of anilines is 1. The second kappa shape index (κ2) is 11.8. The van der Waals surface area contributed by atoms with E-state index >= 15 is 0 Å². The highest BCUT2D eigenvalue weighted by Crippen LogP contribution is 2.52. The van der Waals surface area contributed by atoms with Gasteiger partial charge in [0.05, 0.1) is 7.11 Å². The number of carbonyl (C=O) groups is 1. The number of hydrogen-bond donors (Lipinski definition) is 1. The molecule has 212 valence electrons. The van der Waals surface area contributed by atoms with Gasteiger partial charge < -0.3 is 19.7 Å². The molecule has 1 aliphatic carbocycles. The highest BCUT2D eigenvalue weighted by atomic mass is 19.4. The largest absolute Gasteiger partial charge is 0.481 e. The van der Waals surface area contributed by atoms with Crippen LogP contribution in [0.3, 0.4) is 0 Å². The fourth-order valence-electron chi connectivity index (χ4n) is 5.69. The lowest BCUT2D eigenvalue weighted by atomic mass is 9.86. The summed E-state index contributed by atoms with van der Waals surface area (Å²) in [4.78, 5) is 21.9. The maximum atomic E-state index is 12.8. The van der Waals surface area contributed by atoms with Crippen molar-refractivity contribution in [1.29, 1.82) is 0 Å². The SMILES string of the molecule is COc1cccc(N2CCN(CCCCC3(OC(=O)NCC(F)(F)F)c4ccccc4-c4ccccc43)CC2)n1. The fourth-order valence-corrected chi connectivity index (χ4v) is 5.69. The molecule has 2 heterocycles. The minimum atomic E-state index is -4.52. The first-order valence-electron chi connectivity index (χ1n) is 13.5. The van der Waals surface area contributed by atoms with Crippen molar-refractivity contribution in [2.75, 3.05) is 51.3 Å². The van der Waals surface area contributed by atoms with E-state index in [4.69, 9.17) is 9.47 Å². The van der Waals surface area contributed by atoms with E-state index in [0.29, 0.717) is 12.3 Å². The first-order chi connectivity index (χ1) is 19.3. The molecular weight excluding hydrogens is 521 g/mol. The predicted octanol–water partition coefficient (Wildman–Crippen LogP) is 5.60. The zero-order chi connectivity index (χ0) is 28.2. The summed E-state index contributed by atoms with van der Waals surface area (Å²) in [5.74, 6) is 1.50. The van der Waals surface area contributed by atoms with E-state index in [1.165, 1.54) is 0 Å². The van der Waals surface area contributed by atoms with Crippen molar-refractivity contribution in [3.05, 3.63) is 77.9 Å². The van der Waals surface area contributed by atoms with E-state index in [2.05, 4.69) is 14.8 Å². The number of pyridine rings is 1. The van der Waals surface area contributed by atoms with E-state index in [9.17, 15) is 18.0 Å². The number of ether oxygens (including phenoxy) is 2. The summed E-state index contributed by atoms with van der Waals surface area (Å²) >= 11 is 0. The molecule has 7 nitrogen and oxygen atoms in total. The standard InChI is InChI=1S/C30H33F3N4O3/c1-39-27-14-8-13-26(35-27)37-19-17-36(18-20-37)16-7-6-15-29(40-28(38)34-21-30(31,32)33)24-11-4-2-9-22(24)23-10-3-5-12-25(23)29/h2-5,8-14H,6-7,15-21H2,1H3,(H,34,38). The Bertz CT molecular complexity index is 1280. The number of piperazine rings is 1. The third-order valence-electron chi connectivity index (χ3n) is 7.58. The van der Waals surface area contributed by atoms with Crippen LogP contribution in [0.15, 0.2) is 66.7 Å². The molecule has 0 bridgehead atoms. The second-order valence-electron chi connectivity index (χ2n) is 10.1. The molecule has 0 atom stereocenters. The van der Waals surface area contributed by atoms with E-state index in [0.717, 1.165) is 73.6 Å². The third-order valence-corrected chi connectivity index (χ3v) is 7.58. The van der Waals surface area contributed by atoms with Gasteiger partial charge >= 0.3 is 12.3 Å². The van der Waals surface area contributed by atoms with Gasteiger partial charge in [-0.15, -0.1) is 0 Å². The summed E-state index contributed by atoms with van der Waals surface area (Å²) < 4.78 is 49.6. The van der Waals surface area contributed by atoms with E-state index < -0.39 is 24.4 Å². The molecule has 5 rings (SSSR count). The van der Waals surface area contributed by atoms with Crippen LogP contribution in [0.4, 0.5) is 23.8 Å². The van der Waals surface area contributed by atoms with Crippen molar-refractivity contribution in [2.45, 2.75) is 31.0 Å². The Balaban J connectivity index is 1.24. The summed E-state index contributed by atoms with van der Waals surface area (Å²) in [6, 6.07) is 21.0. The van der Waals surface area contributed by atoms with Crippen molar-refractivity contribution in [3.63, 3.8) is 0 Å². The monoisotopic (exact) mass is 554 g/mol. The topological polar surface area (TPSA) is 66.9 Å². The lowest BCUT2D eigenvalue weighted by Crippen LogP contribution is -2.47. The van der Waals surface area contributed by atoms with Gasteiger partial charge in [0.15, 0.2) is 5.60 Å². The van der Waals surface area contributed by atoms with Crippen LogP contribution in [-0.2, 0) is 10.3 Å². The Kier molecular flexibility index (Phi) is 8.16. The van der Waals surface area contributed by atoms with Gasteiger partial charge in [-0.1, -0.05) is 54.6 Å². The molecule has 2 aromatic carbocycles. The summed E-state index contributed by atoms with van der Waals surface area (Å²) in [5, 5.41) is 1.89. The number of alkyl carbamates (subject to hydrolysis) is 1. The molecule has 10 heteroatoms. The van der Waals surface area contributed by atoms with Gasteiger partial charge in [-0.2, -0.15) is 18.2 Å². The van der Waals surface area contributed by atoms with Crippen LogP contribution < -0.4 is 15.0 Å². The number of unbranched alkanes of at least 4 members (excludes halogenated alkanes) is 1. The summed E-state index contributed by atoms with van der Waals surface area (Å²) in [6.45, 7) is 2.93. The van der Waals surface area contributed by atoms with Crippen LogP contribution in [-0.4, -0.2) is 68.5 Å². The minimum absolute atomic E-state index is 0.466. The number of aromatic nitrogens is 1. The maximum absolute atomic E-state index is 12.8. The van der Waals surface area contributed by atoms with Gasteiger partial charge in [0.2, 0.25) is 5.88 Å². The number of halogens is 3. The first-order valence-corrected chi connectivity index (χ1v) is 13.5. The molecule has 2 aliphatic rings. The molecule has 40 heavy (non-hydrogen) atoms. The van der Waals surface area contributed by atoms with E-state index in [1.807, 2.05) is 72.0 Å².